The Balaban J connectivity index is 2.49. The second kappa shape index (κ2) is 3.10. The third-order valence-electron chi connectivity index (χ3n) is 2.03. The number of nitrogens with zero attached hydrogens (tertiary/aromatic N) is 1. The van der Waals surface area contributed by atoms with E-state index in [1.165, 1.54) is 13.3 Å². The van der Waals surface area contributed by atoms with Crippen LogP contribution in [0, 0.1) is 0 Å². The normalized spacial score (nSPS) is 13.4. The Morgan fingerprint density at radius 3 is 3.14 bits per heavy atom. The molecule has 1 aromatic rings. The fourth-order valence-electron chi connectivity index (χ4n) is 1.40. The van der Waals surface area contributed by atoms with Gasteiger partial charge in [0.1, 0.15) is 0 Å². The predicted molar refractivity (Wildman–Crippen MR) is 47.9 cm³/mol. The lowest BCUT2D eigenvalue weighted by Crippen LogP contribution is -2.10. The van der Waals surface area contributed by atoms with Crippen molar-refractivity contribution < 1.29 is 14.3 Å². The summed E-state index contributed by atoms with van der Waals surface area (Å²) >= 11 is 0. The number of carbonyl (C=O) groups is 2. The Hall–Kier alpha value is -1.91. The highest BCUT2D eigenvalue weighted by atomic mass is 16.5. The number of methoxy groups -OCH3 is 1. The van der Waals surface area contributed by atoms with Crippen molar-refractivity contribution >= 4 is 17.6 Å². The number of amides is 1. The molecule has 0 unspecified atom stereocenters. The first-order valence-corrected chi connectivity index (χ1v) is 4.08. The van der Waals surface area contributed by atoms with Gasteiger partial charge < -0.3 is 10.1 Å². The van der Waals surface area contributed by atoms with Gasteiger partial charge in [0.05, 0.1) is 19.2 Å². The number of fused-ring (bicyclic) bond motifs is 1. The molecule has 1 aliphatic rings. The van der Waals surface area contributed by atoms with E-state index in [2.05, 4.69) is 15.0 Å². The molecule has 2 heterocycles. The molecule has 1 aromatic heterocycles. The highest BCUT2D eigenvalue weighted by Crippen LogP contribution is 2.25. The molecule has 1 N–H and O–H groups in total. The monoisotopic (exact) mass is 192 g/mol. The molecule has 5 heteroatoms. The first-order chi connectivity index (χ1) is 6.72. The molecule has 1 aliphatic heterocycles. The van der Waals surface area contributed by atoms with Gasteiger partial charge in [-0.05, 0) is 11.6 Å². The highest BCUT2D eigenvalue weighted by molar-refractivity contribution is 6.05. The summed E-state index contributed by atoms with van der Waals surface area (Å²) in [5.41, 5.74) is 1.42. The number of carbonyl (C=O) groups excluding carboxylic acids is 2. The Morgan fingerprint density at radius 2 is 2.43 bits per heavy atom. The van der Waals surface area contributed by atoms with Crippen molar-refractivity contribution in [2.24, 2.45) is 0 Å². The van der Waals surface area contributed by atoms with E-state index < -0.39 is 5.97 Å². The molecule has 0 atom stereocenters. The van der Waals surface area contributed by atoms with Crippen LogP contribution in [-0.4, -0.2) is 24.0 Å². The predicted octanol–water partition coefficient (Wildman–Crippen LogP) is 0.363. The van der Waals surface area contributed by atoms with Crippen LogP contribution in [0.3, 0.4) is 0 Å². The van der Waals surface area contributed by atoms with Crippen LogP contribution in [0.2, 0.25) is 0 Å². The lowest BCUT2D eigenvalue weighted by Gasteiger charge is -2.03. The Labute approximate surface area is 80.1 Å². The van der Waals surface area contributed by atoms with Crippen LogP contribution in [-0.2, 0) is 16.0 Å². The molecule has 14 heavy (non-hydrogen) atoms. The molecule has 0 radical (unpaired) electrons. The van der Waals surface area contributed by atoms with E-state index >= 15 is 0 Å². The number of rotatable bonds is 1. The molecule has 0 fully saturated rings. The van der Waals surface area contributed by atoms with E-state index in [9.17, 15) is 9.59 Å². The van der Waals surface area contributed by atoms with E-state index in [1.807, 2.05) is 0 Å². The van der Waals surface area contributed by atoms with Crippen molar-refractivity contribution in [1.82, 2.24) is 4.98 Å². The number of pyridine rings is 1. The van der Waals surface area contributed by atoms with Crippen LogP contribution in [0.25, 0.3) is 0 Å². The molecular weight excluding hydrogens is 184 g/mol. The van der Waals surface area contributed by atoms with Gasteiger partial charge in [-0.1, -0.05) is 0 Å². The number of hydrogen-bond donors (Lipinski definition) is 1. The van der Waals surface area contributed by atoms with Gasteiger partial charge in [0.15, 0.2) is 5.69 Å². The standard InChI is InChI=1S/C9H8N2O3/c1-14-9(13)8-7-5(2-3-10-8)4-6(12)11-7/h2-3H,4H2,1H3,(H,11,12). The highest BCUT2D eigenvalue weighted by Gasteiger charge is 2.24. The fourth-order valence-corrected chi connectivity index (χ4v) is 1.40. The van der Waals surface area contributed by atoms with Gasteiger partial charge in [-0.3, -0.25) is 4.79 Å². The summed E-state index contributed by atoms with van der Waals surface area (Å²) in [6, 6.07) is 1.71. The molecule has 2 rings (SSSR count). The smallest absolute Gasteiger partial charge is 0.358 e. The van der Waals surface area contributed by atoms with Gasteiger partial charge in [0.25, 0.3) is 0 Å². The molecule has 0 saturated heterocycles. The largest absolute Gasteiger partial charge is 0.464 e. The van der Waals surface area contributed by atoms with E-state index in [0.29, 0.717) is 12.1 Å². The lowest BCUT2D eigenvalue weighted by molar-refractivity contribution is -0.115. The maximum absolute atomic E-state index is 11.2. The van der Waals surface area contributed by atoms with Gasteiger partial charge in [0.2, 0.25) is 5.91 Å². The Morgan fingerprint density at radius 1 is 1.64 bits per heavy atom. The van der Waals surface area contributed by atoms with Crippen molar-refractivity contribution in [2.75, 3.05) is 12.4 Å². The number of hydrogen-bond acceptors (Lipinski definition) is 4. The van der Waals surface area contributed by atoms with Crippen molar-refractivity contribution in [3.63, 3.8) is 0 Å². The van der Waals surface area contributed by atoms with Crippen LogP contribution >= 0.6 is 0 Å². The molecule has 0 bridgehead atoms. The van der Waals surface area contributed by atoms with Crippen molar-refractivity contribution in [3.8, 4) is 0 Å². The summed E-state index contributed by atoms with van der Waals surface area (Å²) in [7, 11) is 1.28. The number of ether oxygens (including phenoxy) is 1. The zero-order valence-corrected chi connectivity index (χ0v) is 7.53. The van der Waals surface area contributed by atoms with Crippen molar-refractivity contribution in [2.45, 2.75) is 6.42 Å². The van der Waals surface area contributed by atoms with Gasteiger partial charge in [-0.25, -0.2) is 9.78 Å². The maximum Gasteiger partial charge on any atom is 0.358 e. The zero-order valence-electron chi connectivity index (χ0n) is 7.53. The minimum atomic E-state index is -0.538. The van der Waals surface area contributed by atoms with E-state index in [4.69, 9.17) is 0 Å². The quantitative estimate of drug-likeness (QED) is 0.652. The zero-order chi connectivity index (χ0) is 10.1. The topological polar surface area (TPSA) is 68.3 Å². The summed E-state index contributed by atoms with van der Waals surface area (Å²) in [6.07, 6.45) is 1.78. The second-order valence-corrected chi connectivity index (χ2v) is 2.91. The Bertz CT molecular complexity index is 415. The molecular formula is C9H8N2O3. The maximum atomic E-state index is 11.2. The lowest BCUT2D eigenvalue weighted by atomic mass is 10.2. The van der Waals surface area contributed by atoms with E-state index in [-0.39, 0.29) is 11.6 Å². The van der Waals surface area contributed by atoms with Crippen LogP contribution in [0.5, 0.6) is 0 Å². The molecule has 0 aliphatic carbocycles. The molecule has 0 spiro atoms. The molecule has 72 valence electrons. The minimum Gasteiger partial charge on any atom is -0.464 e. The van der Waals surface area contributed by atoms with Gasteiger partial charge in [-0.2, -0.15) is 0 Å². The van der Waals surface area contributed by atoms with Crippen molar-refractivity contribution in [3.05, 3.63) is 23.5 Å². The van der Waals surface area contributed by atoms with E-state index in [1.54, 1.807) is 6.07 Å². The van der Waals surface area contributed by atoms with Crippen molar-refractivity contribution in [1.29, 1.82) is 0 Å². The summed E-state index contributed by atoms with van der Waals surface area (Å²) in [4.78, 5) is 26.2. The average Bonchev–Trinajstić information content (AvgIpc) is 2.56. The van der Waals surface area contributed by atoms with Crippen LogP contribution < -0.4 is 5.32 Å². The molecule has 0 saturated carbocycles. The number of esters is 1. The van der Waals surface area contributed by atoms with Crippen LogP contribution in [0.4, 0.5) is 5.69 Å². The summed E-state index contributed by atoms with van der Waals surface area (Å²) in [5, 5.41) is 2.58. The third-order valence-corrected chi connectivity index (χ3v) is 2.03. The fraction of sp³-hybridized carbons (Fsp3) is 0.222. The number of aromatic nitrogens is 1. The molecule has 5 nitrogen and oxygen atoms in total. The molecule has 1 amide bonds. The average molecular weight is 192 g/mol. The summed E-state index contributed by atoms with van der Waals surface area (Å²) < 4.78 is 4.54. The summed E-state index contributed by atoms with van der Waals surface area (Å²) in [5.74, 6) is -0.665. The second-order valence-electron chi connectivity index (χ2n) is 2.91. The van der Waals surface area contributed by atoms with Gasteiger partial charge in [0, 0.05) is 6.20 Å². The van der Waals surface area contributed by atoms with Crippen LogP contribution in [0.1, 0.15) is 16.1 Å². The van der Waals surface area contributed by atoms with Crippen LogP contribution in [0.15, 0.2) is 12.3 Å². The first-order valence-electron chi connectivity index (χ1n) is 4.08. The molecule has 0 aromatic carbocycles. The SMILES string of the molecule is COC(=O)c1nccc2c1NC(=O)C2. The van der Waals surface area contributed by atoms with Gasteiger partial charge in [-0.15, -0.1) is 0 Å². The number of nitrogens with one attached hydrogen (secondary N) is 1. The first kappa shape index (κ1) is 8.68. The van der Waals surface area contributed by atoms with Gasteiger partial charge >= 0.3 is 5.97 Å². The number of anilines is 1. The third kappa shape index (κ3) is 1.22. The van der Waals surface area contributed by atoms with E-state index in [0.717, 1.165) is 5.56 Å². The Kier molecular flexibility index (Phi) is 1.92. The minimum absolute atomic E-state index is 0.127. The summed E-state index contributed by atoms with van der Waals surface area (Å²) in [6.45, 7) is 0.